The third-order valence-corrected chi connectivity index (χ3v) is 5.86. The van der Waals surface area contributed by atoms with Crippen LogP contribution >= 0.6 is 0 Å². The van der Waals surface area contributed by atoms with E-state index in [-0.39, 0.29) is 0 Å². The van der Waals surface area contributed by atoms with Gasteiger partial charge in [0.15, 0.2) is 0 Å². The van der Waals surface area contributed by atoms with Gasteiger partial charge in [0.05, 0.1) is 0 Å². The van der Waals surface area contributed by atoms with Gasteiger partial charge in [-0.15, -0.1) is 0 Å². The molecule has 0 aromatic heterocycles. The van der Waals surface area contributed by atoms with Gasteiger partial charge < -0.3 is 0 Å². The van der Waals surface area contributed by atoms with Gasteiger partial charge in [-0.1, -0.05) is 96.6 Å². The average molecular weight is 342 g/mol. The predicted octanol–water partition coefficient (Wildman–Crippen LogP) is 7.76. The van der Waals surface area contributed by atoms with Crippen molar-refractivity contribution in [3.8, 4) is 0 Å². The third kappa shape index (κ3) is 1.93. The number of benzene rings is 6. The highest BCUT2D eigenvalue weighted by molar-refractivity contribution is 6.39. The normalized spacial score (nSPS) is 11.9. The zero-order valence-corrected chi connectivity index (χ0v) is 15.2. The summed E-state index contributed by atoms with van der Waals surface area (Å²) in [5, 5.41) is 13.5. The summed E-state index contributed by atoms with van der Waals surface area (Å²) in [4.78, 5) is 0. The minimum absolute atomic E-state index is 1.30. The molecule has 6 aromatic rings. The molecule has 0 saturated heterocycles. The Labute approximate surface area is 157 Å². The number of fused-ring (bicyclic) bond motifs is 11. The molecule has 0 bridgehead atoms. The first-order chi connectivity index (χ1) is 13.3. The van der Waals surface area contributed by atoms with Crippen molar-refractivity contribution in [2.24, 2.45) is 0 Å². The van der Waals surface area contributed by atoms with Crippen molar-refractivity contribution in [1.82, 2.24) is 0 Å². The first-order valence-electron chi connectivity index (χ1n) is 9.47. The summed E-state index contributed by atoms with van der Waals surface area (Å²) < 4.78 is 0. The molecule has 0 spiro atoms. The zero-order chi connectivity index (χ0) is 18.0. The maximum Gasteiger partial charge on any atom is -0.00138 e. The SMILES string of the molecule is Cc1ccc2c3ccccc3c3c4ccccc4c4ccccc4c3c2c1. The molecule has 126 valence electrons. The standard InChI is InChI=1S/C27H18/c1-17-14-15-21-20-10-4-6-12-23(20)26-22-11-5-2-8-18(22)19-9-3-7-13-24(19)27(26)25(21)16-17/h2-16H,1H3. The molecule has 0 unspecified atom stereocenters. The van der Waals surface area contributed by atoms with Crippen molar-refractivity contribution in [1.29, 1.82) is 0 Å². The van der Waals surface area contributed by atoms with Crippen LogP contribution in [-0.2, 0) is 0 Å². The molecular weight excluding hydrogens is 324 g/mol. The lowest BCUT2D eigenvalue weighted by atomic mass is 9.87. The van der Waals surface area contributed by atoms with Crippen molar-refractivity contribution < 1.29 is 0 Å². The monoisotopic (exact) mass is 342 g/mol. The molecule has 0 aliphatic heterocycles. The molecule has 0 fully saturated rings. The highest BCUT2D eigenvalue weighted by atomic mass is 14.2. The fourth-order valence-corrected chi connectivity index (χ4v) is 4.74. The molecule has 6 aromatic carbocycles. The quantitative estimate of drug-likeness (QED) is 0.247. The number of hydrogen-bond donors (Lipinski definition) is 0. The van der Waals surface area contributed by atoms with Crippen molar-refractivity contribution in [3.63, 3.8) is 0 Å². The van der Waals surface area contributed by atoms with Gasteiger partial charge in [-0.05, 0) is 60.8 Å². The largest absolute Gasteiger partial charge is 0.0616 e. The Morgan fingerprint density at radius 1 is 0.370 bits per heavy atom. The van der Waals surface area contributed by atoms with E-state index in [2.05, 4.69) is 97.9 Å². The fourth-order valence-electron chi connectivity index (χ4n) is 4.74. The summed E-state index contributed by atoms with van der Waals surface area (Å²) in [6, 6.07) is 33.4. The number of hydrogen-bond acceptors (Lipinski definition) is 0. The van der Waals surface area contributed by atoms with Crippen LogP contribution in [0.5, 0.6) is 0 Å². The van der Waals surface area contributed by atoms with Gasteiger partial charge in [0, 0.05) is 0 Å². The highest BCUT2D eigenvalue weighted by Crippen LogP contribution is 2.43. The number of rotatable bonds is 0. The van der Waals surface area contributed by atoms with Gasteiger partial charge in [-0.3, -0.25) is 0 Å². The second-order valence-corrected chi connectivity index (χ2v) is 7.44. The molecule has 0 N–H and O–H groups in total. The zero-order valence-electron chi connectivity index (χ0n) is 15.2. The van der Waals surface area contributed by atoms with Gasteiger partial charge >= 0.3 is 0 Å². The molecule has 0 heteroatoms. The first kappa shape index (κ1) is 14.8. The minimum Gasteiger partial charge on any atom is -0.0616 e. The molecular formula is C27H18. The first-order valence-corrected chi connectivity index (χ1v) is 9.47. The van der Waals surface area contributed by atoms with Crippen LogP contribution in [0.1, 0.15) is 5.56 Å². The van der Waals surface area contributed by atoms with Crippen LogP contribution in [-0.4, -0.2) is 0 Å². The summed E-state index contributed by atoms with van der Waals surface area (Å²) in [7, 11) is 0. The maximum atomic E-state index is 2.35. The molecule has 0 aliphatic rings. The van der Waals surface area contributed by atoms with Crippen LogP contribution in [0.3, 0.4) is 0 Å². The van der Waals surface area contributed by atoms with Gasteiger partial charge in [-0.2, -0.15) is 0 Å². The van der Waals surface area contributed by atoms with E-state index in [9.17, 15) is 0 Å². The van der Waals surface area contributed by atoms with Crippen molar-refractivity contribution in [3.05, 3.63) is 96.6 Å². The lowest BCUT2D eigenvalue weighted by Crippen LogP contribution is -1.88. The van der Waals surface area contributed by atoms with Crippen LogP contribution in [0.25, 0.3) is 53.9 Å². The summed E-state index contributed by atoms with van der Waals surface area (Å²) in [6.07, 6.45) is 0. The molecule has 0 radical (unpaired) electrons. The average Bonchev–Trinajstić information content (AvgIpc) is 2.73. The predicted molar refractivity (Wildman–Crippen MR) is 119 cm³/mol. The summed E-state index contributed by atoms with van der Waals surface area (Å²) in [5.74, 6) is 0. The topological polar surface area (TPSA) is 0 Å². The van der Waals surface area contributed by atoms with E-state index in [1.807, 2.05) is 0 Å². The molecule has 0 atom stereocenters. The van der Waals surface area contributed by atoms with Gasteiger partial charge in [0.2, 0.25) is 0 Å². The molecule has 0 amide bonds. The molecule has 6 rings (SSSR count). The van der Waals surface area contributed by atoms with Crippen LogP contribution in [0.4, 0.5) is 0 Å². The van der Waals surface area contributed by atoms with E-state index in [1.165, 1.54) is 59.4 Å². The molecule has 27 heavy (non-hydrogen) atoms. The van der Waals surface area contributed by atoms with E-state index >= 15 is 0 Å². The van der Waals surface area contributed by atoms with Gasteiger partial charge in [0.1, 0.15) is 0 Å². The van der Waals surface area contributed by atoms with Crippen LogP contribution < -0.4 is 0 Å². The second kappa shape index (κ2) is 5.31. The van der Waals surface area contributed by atoms with Crippen LogP contribution in [0, 0.1) is 6.92 Å². The third-order valence-electron chi connectivity index (χ3n) is 5.86. The van der Waals surface area contributed by atoms with E-state index in [0.717, 1.165) is 0 Å². The Bertz CT molecular complexity index is 1500. The molecule has 0 saturated carbocycles. The van der Waals surface area contributed by atoms with Crippen molar-refractivity contribution >= 4 is 53.9 Å². The fraction of sp³-hybridized carbons (Fsp3) is 0.0370. The molecule has 0 aliphatic carbocycles. The Morgan fingerprint density at radius 3 is 1.22 bits per heavy atom. The van der Waals surface area contributed by atoms with E-state index in [4.69, 9.17) is 0 Å². The Kier molecular flexibility index (Phi) is 2.90. The summed E-state index contributed by atoms with van der Waals surface area (Å²) >= 11 is 0. The smallest absolute Gasteiger partial charge is 0.00138 e. The summed E-state index contributed by atoms with van der Waals surface area (Å²) in [6.45, 7) is 2.18. The second-order valence-electron chi connectivity index (χ2n) is 7.44. The van der Waals surface area contributed by atoms with Crippen molar-refractivity contribution in [2.75, 3.05) is 0 Å². The Balaban J connectivity index is 2.13. The van der Waals surface area contributed by atoms with E-state index in [0.29, 0.717) is 0 Å². The Hall–Kier alpha value is -3.38. The Morgan fingerprint density at radius 2 is 0.741 bits per heavy atom. The summed E-state index contributed by atoms with van der Waals surface area (Å²) in [5.41, 5.74) is 1.30. The van der Waals surface area contributed by atoms with Crippen molar-refractivity contribution in [2.45, 2.75) is 6.92 Å². The van der Waals surface area contributed by atoms with E-state index in [1.54, 1.807) is 0 Å². The van der Waals surface area contributed by atoms with E-state index < -0.39 is 0 Å². The lowest BCUT2D eigenvalue weighted by molar-refractivity contribution is 1.51. The van der Waals surface area contributed by atoms with Crippen LogP contribution in [0.2, 0.25) is 0 Å². The number of aryl methyl sites for hydroxylation is 1. The van der Waals surface area contributed by atoms with Gasteiger partial charge in [-0.25, -0.2) is 0 Å². The molecule has 0 heterocycles. The minimum atomic E-state index is 1.30. The highest BCUT2D eigenvalue weighted by Gasteiger charge is 2.15. The van der Waals surface area contributed by atoms with Crippen LogP contribution in [0.15, 0.2) is 91.0 Å². The lowest BCUT2D eigenvalue weighted by Gasteiger charge is -2.16. The maximum absolute atomic E-state index is 2.35. The molecule has 0 nitrogen and oxygen atoms in total. The van der Waals surface area contributed by atoms with Gasteiger partial charge in [0.25, 0.3) is 0 Å².